The zero-order chi connectivity index (χ0) is 18.1. The zero-order valence-corrected chi connectivity index (χ0v) is 14.7. The average molecular weight is 359 g/mol. The Morgan fingerprint density at radius 1 is 1.23 bits per heavy atom. The van der Waals surface area contributed by atoms with Crippen molar-refractivity contribution in [2.75, 3.05) is 6.61 Å². The minimum Gasteiger partial charge on any atom is -0.393 e. The molecule has 0 spiro atoms. The number of aliphatic hydroxyl groups is 1. The van der Waals surface area contributed by atoms with Crippen molar-refractivity contribution < 1.29 is 19.4 Å². The van der Waals surface area contributed by atoms with Crippen molar-refractivity contribution in [3.63, 3.8) is 0 Å². The zero-order valence-electron chi connectivity index (χ0n) is 14.7. The number of morpholine rings is 1. The van der Waals surface area contributed by atoms with Crippen LogP contribution in [0, 0.1) is 0 Å². The van der Waals surface area contributed by atoms with Crippen molar-refractivity contribution >= 4 is 11.8 Å². The summed E-state index contributed by atoms with van der Waals surface area (Å²) in [5, 5.41) is 12.7. The van der Waals surface area contributed by atoms with Gasteiger partial charge in [-0.2, -0.15) is 0 Å². The van der Waals surface area contributed by atoms with Crippen molar-refractivity contribution in [2.24, 2.45) is 0 Å². The highest BCUT2D eigenvalue weighted by Gasteiger charge is 2.47. The Kier molecular flexibility index (Phi) is 4.91. The van der Waals surface area contributed by atoms with E-state index < -0.39 is 12.1 Å². The summed E-state index contributed by atoms with van der Waals surface area (Å²) in [6, 6.07) is 3.52. The third-order valence-corrected chi connectivity index (χ3v) is 5.53. The monoisotopic (exact) mass is 359 g/mol. The molecule has 2 atom stereocenters. The first-order chi connectivity index (χ1) is 12.6. The van der Waals surface area contributed by atoms with E-state index in [1.807, 2.05) is 17.0 Å². The summed E-state index contributed by atoms with van der Waals surface area (Å²) in [6.07, 6.45) is 7.27. The molecule has 2 aliphatic carbocycles. The Labute approximate surface area is 152 Å². The molecule has 2 amide bonds. The Morgan fingerprint density at radius 2 is 2.00 bits per heavy atom. The Morgan fingerprint density at radius 3 is 2.65 bits per heavy atom. The highest BCUT2D eigenvalue weighted by Crippen LogP contribution is 2.39. The van der Waals surface area contributed by atoms with Gasteiger partial charge in [0.1, 0.15) is 6.61 Å². The second-order valence-corrected chi connectivity index (χ2v) is 7.51. The fourth-order valence-corrected chi connectivity index (χ4v) is 4.02. The lowest BCUT2D eigenvalue weighted by molar-refractivity contribution is -0.165. The second-order valence-electron chi connectivity index (χ2n) is 7.51. The van der Waals surface area contributed by atoms with E-state index in [9.17, 15) is 14.7 Å². The fourth-order valence-electron chi connectivity index (χ4n) is 4.02. The lowest BCUT2D eigenvalue weighted by Crippen LogP contribution is -2.56. The van der Waals surface area contributed by atoms with Crippen LogP contribution < -0.4 is 5.32 Å². The molecule has 7 nitrogen and oxygen atoms in total. The first-order valence-corrected chi connectivity index (χ1v) is 9.44. The third-order valence-electron chi connectivity index (χ3n) is 5.53. The largest absolute Gasteiger partial charge is 0.393 e. The smallest absolute Gasteiger partial charge is 0.251 e. The Hall–Kier alpha value is -1.99. The minimum atomic E-state index is -0.732. The number of amides is 2. The molecule has 0 radical (unpaired) electrons. The van der Waals surface area contributed by atoms with Gasteiger partial charge in [0, 0.05) is 24.5 Å². The molecule has 4 rings (SSSR count). The van der Waals surface area contributed by atoms with E-state index in [1.165, 1.54) is 0 Å². The van der Waals surface area contributed by atoms with Crippen molar-refractivity contribution in [1.29, 1.82) is 0 Å². The van der Waals surface area contributed by atoms with Gasteiger partial charge in [0.05, 0.1) is 12.1 Å². The number of nitrogens with zero attached hydrogens (tertiary/aromatic N) is 2. The minimum absolute atomic E-state index is 0.0519. The van der Waals surface area contributed by atoms with Gasteiger partial charge in [-0.25, -0.2) is 0 Å². The van der Waals surface area contributed by atoms with Crippen LogP contribution >= 0.6 is 0 Å². The maximum atomic E-state index is 13.0. The predicted octanol–water partition coefficient (Wildman–Crippen LogP) is 0.932. The summed E-state index contributed by atoms with van der Waals surface area (Å²) >= 11 is 0. The molecule has 1 saturated heterocycles. The van der Waals surface area contributed by atoms with Crippen LogP contribution in [0.5, 0.6) is 0 Å². The van der Waals surface area contributed by atoms with Gasteiger partial charge < -0.3 is 20.1 Å². The molecular weight excluding hydrogens is 334 g/mol. The number of pyridine rings is 1. The van der Waals surface area contributed by atoms with Crippen LogP contribution in [0.4, 0.5) is 0 Å². The summed E-state index contributed by atoms with van der Waals surface area (Å²) in [6.45, 7) is -0.0608. The summed E-state index contributed by atoms with van der Waals surface area (Å²) < 4.78 is 5.71. The average Bonchev–Trinajstić information content (AvgIpc) is 3.49. The van der Waals surface area contributed by atoms with Crippen LogP contribution in [-0.2, 0) is 14.3 Å². The van der Waals surface area contributed by atoms with Gasteiger partial charge in [0.15, 0.2) is 6.10 Å². The molecule has 1 aromatic rings. The van der Waals surface area contributed by atoms with Crippen LogP contribution in [0.3, 0.4) is 0 Å². The molecule has 1 aliphatic heterocycles. The van der Waals surface area contributed by atoms with Crippen molar-refractivity contribution in [3.8, 4) is 0 Å². The Balaban J connectivity index is 1.54. The summed E-state index contributed by atoms with van der Waals surface area (Å²) in [5.41, 5.74) is 0.826. The molecule has 2 saturated carbocycles. The fraction of sp³-hybridized carbons (Fsp3) is 0.632. The van der Waals surface area contributed by atoms with Gasteiger partial charge in [-0.15, -0.1) is 0 Å². The predicted molar refractivity (Wildman–Crippen MR) is 93.0 cm³/mol. The lowest BCUT2D eigenvalue weighted by atomic mass is 9.92. The number of carbonyl (C=O) groups is 2. The number of aromatic nitrogens is 1. The topological polar surface area (TPSA) is 91.8 Å². The maximum Gasteiger partial charge on any atom is 0.251 e. The molecule has 7 heteroatoms. The van der Waals surface area contributed by atoms with Crippen LogP contribution in [0.2, 0.25) is 0 Å². The number of nitrogens with one attached hydrogen (secondary N) is 1. The molecule has 0 bridgehead atoms. The number of rotatable bonds is 4. The van der Waals surface area contributed by atoms with E-state index in [0.29, 0.717) is 12.8 Å². The van der Waals surface area contributed by atoms with Crippen molar-refractivity contribution in [1.82, 2.24) is 15.2 Å². The number of ether oxygens (including phenoxy) is 1. The van der Waals surface area contributed by atoms with Crippen LogP contribution in [0.25, 0.3) is 0 Å². The van der Waals surface area contributed by atoms with E-state index >= 15 is 0 Å². The van der Waals surface area contributed by atoms with Gasteiger partial charge >= 0.3 is 0 Å². The molecule has 0 unspecified atom stereocenters. The molecule has 0 aromatic carbocycles. The Bertz CT molecular complexity index is 656. The molecule has 2 heterocycles. The molecule has 3 fully saturated rings. The van der Waals surface area contributed by atoms with Crippen molar-refractivity contribution in [3.05, 3.63) is 30.1 Å². The summed E-state index contributed by atoms with van der Waals surface area (Å²) in [7, 11) is 0. The molecule has 3 aliphatic rings. The van der Waals surface area contributed by atoms with E-state index in [4.69, 9.17) is 4.74 Å². The molecule has 1 aromatic heterocycles. The first-order valence-electron chi connectivity index (χ1n) is 9.44. The van der Waals surface area contributed by atoms with E-state index in [0.717, 1.165) is 31.2 Å². The maximum absolute atomic E-state index is 13.0. The molecular formula is C19H25N3O4. The normalized spacial score (nSPS) is 32.3. The molecule has 2 N–H and O–H groups in total. The summed E-state index contributed by atoms with van der Waals surface area (Å²) in [4.78, 5) is 31.4. The summed E-state index contributed by atoms with van der Waals surface area (Å²) in [5.74, 6) is -0.246. The quantitative estimate of drug-likeness (QED) is 0.835. The van der Waals surface area contributed by atoms with Crippen LogP contribution in [0.1, 0.15) is 50.1 Å². The highest BCUT2D eigenvalue weighted by atomic mass is 16.5. The van der Waals surface area contributed by atoms with Crippen LogP contribution in [-0.4, -0.2) is 57.7 Å². The van der Waals surface area contributed by atoms with Gasteiger partial charge in [-0.3, -0.25) is 14.6 Å². The lowest BCUT2D eigenvalue weighted by Gasteiger charge is -2.41. The van der Waals surface area contributed by atoms with E-state index in [-0.39, 0.29) is 36.6 Å². The van der Waals surface area contributed by atoms with Gasteiger partial charge in [-0.1, -0.05) is 6.07 Å². The van der Waals surface area contributed by atoms with Gasteiger partial charge in [0.25, 0.3) is 5.91 Å². The number of carbonyl (C=O) groups excluding carboxylic acids is 2. The number of hydrogen-bond donors (Lipinski definition) is 2. The SMILES string of the molecule is O=C(NC1CCC(O)CC1)[C@H]1OCC(=O)N(C2CC2)[C@@H]1c1cccnc1. The third kappa shape index (κ3) is 3.59. The highest BCUT2D eigenvalue weighted by molar-refractivity contribution is 5.87. The standard InChI is InChI=1S/C19H25N3O4/c23-15-7-3-13(4-8-15)21-19(25)18-17(12-2-1-9-20-10-12)22(14-5-6-14)16(24)11-26-18/h1-2,9-10,13-15,17-18,23H,3-8,11H2,(H,21,25)/t13?,15?,17-,18+/m1/s1. The van der Waals surface area contributed by atoms with Crippen molar-refractivity contribution in [2.45, 2.75) is 68.9 Å². The molecule has 26 heavy (non-hydrogen) atoms. The number of aliphatic hydroxyl groups excluding tert-OH is 1. The van der Waals surface area contributed by atoms with E-state index in [2.05, 4.69) is 10.3 Å². The van der Waals surface area contributed by atoms with E-state index in [1.54, 1.807) is 12.4 Å². The first kappa shape index (κ1) is 17.4. The van der Waals surface area contributed by atoms with Crippen LogP contribution in [0.15, 0.2) is 24.5 Å². The second kappa shape index (κ2) is 7.32. The molecule has 140 valence electrons. The number of hydrogen-bond acceptors (Lipinski definition) is 5. The van der Waals surface area contributed by atoms with Gasteiger partial charge in [0.2, 0.25) is 5.91 Å². The van der Waals surface area contributed by atoms with Gasteiger partial charge in [-0.05, 0) is 50.2 Å².